The van der Waals surface area contributed by atoms with Crippen molar-refractivity contribution in [3.63, 3.8) is 0 Å². The molecule has 2 N–H and O–H groups in total. The highest BCUT2D eigenvalue weighted by atomic mass is 35.5. The number of nitrogens with zero attached hydrogens (tertiary/aromatic N) is 2. The fourth-order valence-corrected chi connectivity index (χ4v) is 3.59. The maximum atomic E-state index is 12.1. The molecule has 0 aromatic rings. The van der Waals surface area contributed by atoms with Crippen molar-refractivity contribution >= 4 is 24.3 Å². The van der Waals surface area contributed by atoms with E-state index in [0.717, 1.165) is 32.1 Å². The first kappa shape index (κ1) is 16.5. The van der Waals surface area contributed by atoms with Gasteiger partial charge in [-0.3, -0.25) is 9.69 Å². The van der Waals surface area contributed by atoms with Gasteiger partial charge in [0.1, 0.15) is 5.54 Å². The molecule has 0 spiro atoms. The summed E-state index contributed by atoms with van der Waals surface area (Å²) in [5.41, 5.74) is -0.751. The number of hydrogen-bond acceptors (Lipinski definition) is 4. The predicted octanol–water partition coefficient (Wildman–Crippen LogP) is 0.422. The van der Waals surface area contributed by atoms with Gasteiger partial charge in [-0.1, -0.05) is 0 Å². The summed E-state index contributed by atoms with van der Waals surface area (Å²) in [4.78, 5) is 27.7. The normalized spacial score (nSPS) is 31.8. The molecule has 3 heterocycles. The SMILES string of the molecule is CC1(C)NC(=O)N(CCN2CCC3NCCC3C2)C1=O.Cl. The van der Waals surface area contributed by atoms with Crippen molar-refractivity contribution < 1.29 is 9.59 Å². The molecule has 120 valence electrons. The molecule has 7 heteroatoms. The van der Waals surface area contributed by atoms with Crippen LogP contribution in [-0.2, 0) is 4.79 Å². The van der Waals surface area contributed by atoms with Crippen molar-refractivity contribution in [1.29, 1.82) is 0 Å². The zero-order chi connectivity index (χ0) is 14.3. The molecule has 2 unspecified atom stereocenters. The van der Waals surface area contributed by atoms with Gasteiger partial charge < -0.3 is 15.5 Å². The number of fused-ring (bicyclic) bond motifs is 1. The molecule has 3 aliphatic heterocycles. The van der Waals surface area contributed by atoms with E-state index in [1.807, 2.05) is 0 Å². The zero-order valence-corrected chi connectivity index (χ0v) is 13.5. The molecule has 0 aromatic heterocycles. The monoisotopic (exact) mass is 316 g/mol. The summed E-state index contributed by atoms with van der Waals surface area (Å²) in [6.07, 6.45) is 2.42. The Labute approximate surface area is 132 Å². The van der Waals surface area contributed by atoms with Gasteiger partial charge in [-0.15, -0.1) is 12.4 Å². The zero-order valence-electron chi connectivity index (χ0n) is 12.7. The maximum Gasteiger partial charge on any atom is 0.325 e. The third-order valence-electron chi connectivity index (χ3n) is 4.82. The van der Waals surface area contributed by atoms with Crippen LogP contribution in [0.5, 0.6) is 0 Å². The average molecular weight is 317 g/mol. The lowest BCUT2D eigenvalue weighted by Crippen LogP contribution is -2.47. The first-order valence-corrected chi connectivity index (χ1v) is 7.57. The highest BCUT2D eigenvalue weighted by Crippen LogP contribution is 2.24. The van der Waals surface area contributed by atoms with Gasteiger partial charge in [0.2, 0.25) is 0 Å². The van der Waals surface area contributed by atoms with E-state index in [1.54, 1.807) is 13.8 Å². The highest BCUT2D eigenvalue weighted by molar-refractivity contribution is 6.06. The van der Waals surface area contributed by atoms with Gasteiger partial charge in [-0.05, 0) is 45.7 Å². The molecule has 3 rings (SSSR count). The second-order valence-corrected chi connectivity index (χ2v) is 6.71. The number of carbonyl (C=O) groups excluding carboxylic acids is 2. The van der Waals surface area contributed by atoms with Crippen LogP contribution < -0.4 is 10.6 Å². The fraction of sp³-hybridized carbons (Fsp3) is 0.857. The molecule has 3 amide bonds. The van der Waals surface area contributed by atoms with Crippen LogP contribution in [0.1, 0.15) is 26.7 Å². The Hall–Kier alpha value is -0.850. The molecule has 3 fully saturated rings. The van der Waals surface area contributed by atoms with E-state index >= 15 is 0 Å². The second-order valence-electron chi connectivity index (χ2n) is 6.71. The number of urea groups is 1. The second kappa shape index (κ2) is 6.10. The van der Waals surface area contributed by atoms with E-state index in [4.69, 9.17) is 0 Å². The summed E-state index contributed by atoms with van der Waals surface area (Å²) in [5, 5.41) is 6.27. The van der Waals surface area contributed by atoms with Gasteiger partial charge in [0, 0.05) is 25.7 Å². The van der Waals surface area contributed by atoms with E-state index < -0.39 is 5.54 Å². The Bertz CT molecular complexity index is 429. The van der Waals surface area contributed by atoms with Gasteiger partial charge >= 0.3 is 6.03 Å². The fourth-order valence-electron chi connectivity index (χ4n) is 3.59. The van der Waals surface area contributed by atoms with E-state index in [-0.39, 0.29) is 24.3 Å². The minimum absolute atomic E-state index is 0. The van der Waals surface area contributed by atoms with Gasteiger partial charge in [-0.2, -0.15) is 0 Å². The van der Waals surface area contributed by atoms with Gasteiger partial charge in [0.05, 0.1) is 0 Å². The average Bonchev–Trinajstić information content (AvgIpc) is 2.91. The van der Waals surface area contributed by atoms with E-state index in [0.29, 0.717) is 12.6 Å². The minimum Gasteiger partial charge on any atom is -0.324 e. The molecule has 2 atom stereocenters. The summed E-state index contributed by atoms with van der Waals surface area (Å²) >= 11 is 0. The van der Waals surface area contributed by atoms with E-state index in [2.05, 4.69) is 15.5 Å². The van der Waals surface area contributed by atoms with Crippen molar-refractivity contribution in [2.45, 2.75) is 38.3 Å². The minimum atomic E-state index is -0.751. The molecular formula is C14H25ClN4O2. The van der Waals surface area contributed by atoms with E-state index in [1.165, 1.54) is 17.7 Å². The Balaban J connectivity index is 0.00000161. The first-order valence-electron chi connectivity index (χ1n) is 7.57. The van der Waals surface area contributed by atoms with Crippen LogP contribution in [0.4, 0.5) is 4.79 Å². The third-order valence-corrected chi connectivity index (χ3v) is 4.82. The van der Waals surface area contributed by atoms with Crippen molar-refractivity contribution in [2.24, 2.45) is 5.92 Å². The molecule has 3 saturated heterocycles. The summed E-state index contributed by atoms with van der Waals surface area (Å²) in [6.45, 7) is 8.07. The third kappa shape index (κ3) is 3.17. The summed E-state index contributed by atoms with van der Waals surface area (Å²) in [5.74, 6) is 0.628. The summed E-state index contributed by atoms with van der Waals surface area (Å²) in [6, 6.07) is 0.430. The molecule has 0 aromatic carbocycles. The largest absolute Gasteiger partial charge is 0.325 e. The van der Waals surface area contributed by atoms with Crippen LogP contribution in [0.25, 0.3) is 0 Å². The van der Waals surface area contributed by atoms with Crippen molar-refractivity contribution in [2.75, 3.05) is 32.7 Å². The first-order chi connectivity index (χ1) is 9.47. The lowest BCUT2D eigenvalue weighted by Gasteiger charge is -2.35. The molecule has 6 nitrogen and oxygen atoms in total. The number of piperidine rings is 1. The number of hydrogen-bond donors (Lipinski definition) is 2. The van der Waals surface area contributed by atoms with Crippen molar-refractivity contribution in [1.82, 2.24) is 20.4 Å². The summed E-state index contributed by atoms with van der Waals surface area (Å²) < 4.78 is 0. The topological polar surface area (TPSA) is 64.7 Å². The molecule has 0 bridgehead atoms. The number of carbonyl (C=O) groups is 2. The number of likely N-dealkylation sites (tertiary alicyclic amines) is 1. The Morgan fingerprint density at radius 1 is 1.24 bits per heavy atom. The predicted molar refractivity (Wildman–Crippen MR) is 82.5 cm³/mol. The quantitative estimate of drug-likeness (QED) is 0.741. The van der Waals surface area contributed by atoms with Crippen LogP contribution in [0, 0.1) is 5.92 Å². The van der Waals surface area contributed by atoms with Crippen LogP contribution in [-0.4, -0.2) is 66.0 Å². The van der Waals surface area contributed by atoms with Crippen molar-refractivity contribution in [3.05, 3.63) is 0 Å². The Morgan fingerprint density at radius 3 is 2.67 bits per heavy atom. The van der Waals surface area contributed by atoms with Gasteiger partial charge in [0.25, 0.3) is 5.91 Å². The number of halogens is 1. The molecule has 21 heavy (non-hydrogen) atoms. The smallest absolute Gasteiger partial charge is 0.324 e. The van der Waals surface area contributed by atoms with Crippen LogP contribution in [0.2, 0.25) is 0 Å². The summed E-state index contributed by atoms with van der Waals surface area (Å²) in [7, 11) is 0. The lowest BCUT2D eigenvalue weighted by atomic mass is 9.93. The molecule has 0 saturated carbocycles. The standard InChI is InChI=1S/C14H24N4O2.ClH/c1-14(2)12(19)18(13(20)16-14)8-7-17-6-4-11-10(9-17)3-5-15-11;/h10-11,15H,3-9H2,1-2H3,(H,16,20);1H. The van der Waals surface area contributed by atoms with Crippen LogP contribution >= 0.6 is 12.4 Å². The number of rotatable bonds is 3. The lowest BCUT2D eigenvalue weighted by molar-refractivity contribution is -0.130. The molecule has 0 radical (unpaired) electrons. The van der Waals surface area contributed by atoms with Crippen LogP contribution in [0.3, 0.4) is 0 Å². The highest BCUT2D eigenvalue weighted by Gasteiger charge is 2.44. The molecule has 3 aliphatic rings. The number of nitrogens with one attached hydrogen (secondary N) is 2. The van der Waals surface area contributed by atoms with Gasteiger partial charge in [0.15, 0.2) is 0 Å². The Kier molecular flexibility index (Phi) is 4.80. The van der Waals surface area contributed by atoms with E-state index in [9.17, 15) is 9.59 Å². The molecular weight excluding hydrogens is 292 g/mol. The number of amides is 3. The van der Waals surface area contributed by atoms with Crippen molar-refractivity contribution in [3.8, 4) is 0 Å². The van der Waals surface area contributed by atoms with Crippen LogP contribution in [0.15, 0.2) is 0 Å². The van der Waals surface area contributed by atoms with Gasteiger partial charge in [-0.25, -0.2) is 4.79 Å². The number of imide groups is 1. The maximum absolute atomic E-state index is 12.1. The Morgan fingerprint density at radius 2 is 2.00 bits per heavy atom. The molecule has 0 aliphatic carbocycles.